The van der Waals surface area contributed by atoms with E-state index in [2.05, 4.69) is 57.0 Å². The molecule has 3 N–H and O–H groups in total. The summed E-state index contributed by atoms with van der Waals surface area (Å²) in [7, 11) is 3.23. The molecule has 1 aromatic heterocycles. The third-order valence-electron chi connectivity index (χ3n) is 10.6. The second-order valence-corrected chi connectivity index (χ2v) is 14.4. The molecule has 5 aromatic rings. The molecule has 4 aromatic carbocycles. The molecule has 2 aliphatic carbocycles. The van der Waals surface area contributed by atoms with Crippen LogP contribution in [0.2, 0.25) is 5.02 Å². The molecule has 0 bridgehead atoms. The maximum absolute atomic E-state index is 13.1. The first-order valence-corrected chi connectivity index (χ1v) is 18.5. The van der Waals surface area contributed by atoms with Crippen molar-refractivity contribution in [3.8, 4) is 22.8 Å². The molecule has 272 valence electrons. The SMILES string of the molecule is COc1ccc(C2C3=C(CCCC3=O)Nc3n[nH]c(-c4ccc(Cl)cc4)c32)cc1OC.Cc1ccc(C2CC(=O)C3=C(C2)Nc2ccccc2N=C3)cc1. The number of Topliss-reactive ketones (excluding diaryl/α,β-unsaturated/α-hetero) is 2. The molecule has 9 rings (SSSR count). The quantitative estimate of drug-likeness (QED) is 0.164. The molecule has 4 aliphatic rings. The summed E-state index contributed by atoms with van der Waals surface area (Å²) in [5.41, 5.74) is 11.5. The van der Waals surface area contributed by atoms with E-state index >= 15 is 0 Å². The number of ether oxygens (including phenoxy) is 2. The zero-order valence-electron chi connectivity index (χ0n) is 30.3. The van der Waals surface area contributed by atoms with Crippen LogP contribution in [0, 0.1) is 6.92 Å². The van der Waals surface area contributed by atoms with E-state index in [1.165, 1.54) is 11.1 Å². The number of halogens is 1. The van der Waals surface area contributed by atoms with E-state index in [9.17, 15) is 9.59 Å². The van der Waals surface area contributed by atoms with Gasteiger partial charge in [0, 0.05) is 58.1 Å². The van der Waals surface area contributed by atoms with E-state index in [-0.39, 0.29) is 23.4 Å². The van der Waals surface area contributed by atoms with Crippen LogP contribution in [0.15, 0.2) is 119 Å². The number of methoxy groups -OCH3 is 2. The zero-order chi connectivity index (χ0) is 37.3. The Hall–Kier alpha value is -5.93. The number of rotatable bonds is 5. The van der Waals surface area contributed by atoms with Crippen LogP contribution >= 0.6 is 11.6 Å². The first-order chi connectivity index (χ1) is 26.3. The van der Waals surface area contributed by atoms with Gasteiger partial charge in [-0.15, -0.1) is 0 Å². The molecule has 10 heteroatoms. The Morgan fingerprint density at radius 3 is 2.31 bits per heavy atom. The topological polar surface area (TPSA) is 118 Å². The van der Waals surface area contributed by atoms with E-state index in [1.54, 1.807) is 20.4 Å². The van der Waals surface area contributed by atoms with Gasteiger partial charge in [-0.3, -0.25) is 19.7 Å². The summed E-state index contributed by atoms with van der Waals surface area (Å²) in [5.74, 6) is 2.33. The van der Waals surface area contributed by atoms with Crippen molar-refractivity contribution in [1.82, 2.24) is 10.2 Å². The summed E-state index contributed by atoms with van der Waals surface area (Å²) in [6, 6.07) is 29.8. The third kappa shape index (κ3) is 6.71. The molecule has 3 heterocycles. The number of benzene rings is 4. The lowest BCUT2D eigenvalue weighted by atomic mass is 9.75. The Morgan fingerprint density at radius 2 is 1.54 bits per heavy atom. The number of carbonyl (C=O) groups excluding carboxylic acids is 2. The first-order valence-electron chi connectivity index (χ1n) is 18.1. The molecule has 9 nitrogen and oxygen atoms in total. The minimum atomic E-state index is -0.261. The minimum Gasteiger partial charge on any atom is -0.493 e. The van der Waals surface area contributed by atoms with E-state index in [0.29, 0.717) is 29.4 Å². The second-order valence-electron chi connectivity index (χ2n) is 13.9. The highest BCUT2D eigenvalue weighted by Crippen LogP contribution is 2.49. The monoisotopic (exact) mass is 737 g/mol. The third-order valence-corrected chi connectivity index (χ3v) is 10.8. The van der Waals surface area contributed by atoms with Crippen molar-refractivity contribution in [2.24, 2.45) is 4.99 Å². The average molecular weight is 738 g/mol. The van der Waals surface area contributed by atoms with Crippen LogP contribution in [0.5, 0.6) is 11.5 Å². The number of para-hydroxylation sites is 2. The Bertz CT molecular complexity index is 2360. The summed E-state index contributed by atoms with van der Waals surface area (Å²) in [4.78, 5) is 30.2. The number of aromatic amines is 1. The molecule has 0 saturated heterocycles. The van der Waals surface area contributed by atoms with Crippen molar-refractivity contribution in [2.45, 2.75) is 50.9 Å². The number of nitrogens with zero attached hydrogens (tertiary/aromatic N) is 2. The van der Waals surface area contributed by atoms with E-state index < -0.39 is 0 Å². The number of aromatic nitrogens is 2. The van der Waals surface area contributed by atoms with Crippen LogP contribution < -0.4 is 20.1 Å². The fourth-order valence-corrected chi connectivity index (χ4v) is 7.93. The van der Waals surface area contributed by atoms with Gasteiger partial charge in [-0.1, -0.05) is 71.8 Å². The zero-order valence-corrected chi connectivity index (χ0v) is 31.1. The first kappa shape index (κ1) is 35.1. The van der Waals surface area contributed by atoms with Crippen molar-refractivity contribution in [1.29, 1.82) is 0 Å². The summed E-state index contributed by atoms with van der Waals surface area (Å²) in [5, 5.41) is 15.2. The van der Waals surface area contributed by atoms with Crippen LogP contribution in [-0.4, -0.2) is 42.2 Å². The summed E-state index contributed by atoms with van der Waals surface area (Å²) < 4.78 is 11.0. The number of carbonyl (C=O) groups is 2. The molecular weight excluding hydrogens is 698 g/mol. The minimum absolute atomic E-state index is 0.167. The number of fused-ring (bicyclic) bond motifs is 2. The number of H-pyrrole nitrogens is 1. The lowest BCUT2D eigenvalue weighted by molar-refractivity contribution is -0.116. The number of ketones is 2. The van der Waals surface area contributed by atoms with Gasteiger partial charge in [-0.2, -0.15) is 5.10 Å². The highest BCUT2D eigenvalue weighted by atomic mass is 35.5. The fourth-order valence-electron chi connectivity index (χ4n) is 7.81. The van der Waals surface area contributed by atoms with Gasteiger partial charge in [0.2, 0.25) is 0 Å². The van der Waals surface area contributed by atoms with Gasteiger partial charge >= 0.3 is 0 Å². The average Bonchev–Trinajstić information content (AvgIpc) is 3.51. The maximum Gasteiger partial charge on any atom is 0.166 e. The molecular formula is C44H40ClN5O4. The summed E-state index contributed by atoms with van der Waals surface area (Å²) in [6.45, 7) is 2.08. The lowest BCUT2D eigenvalue weighted by Gasteiger charge is -2.32. The van der Waals surface area contributed by atoms with Crippen molar-refractivity contribution < 1.29 is 19.1 Å². The van der Waals surface area contributed by atoms with E-state index in [1.807, 2.05) is 66.7 Å². The van der Waals surface area contributed by atoms with Crippen molar-refractivity contribution in [3.05, 3.63) is 141 Å². The van der Waals surface area contributed by atoms with Crippen LogP contribution in [0.3, 0.4) is 0 Å². The van der Waals surface area contributed by atoms with Gasteiger partial charge in [0.1, 0.15) is 0 Å². The van der Waals surface area contributed by atoms with Gasteiger partial charge in [0.05, 0.1) is 36.9 Å². The highest BCUT2D eigenvalue weighted by molar-refractivity contribution is 6.30. The number of hydrogen-bond donors (Lipinski definition) is 3. The number of aryl methyl sites for hydroxylation is 1. The molecule has 0 amide bonds. The van der Waals surface area contributed by atoms with Gasteiger partial charge in [-0.25, -0.2) is 0 Å². The summed E-state index contributed by atoms with van der Waals surface area (Å²) in [6.07, 6.45) is 5.33. The van der Waals surface area contributed by atoms with Crippen molar-refractivity contribution in [3.63, 3.8) is 0 Å². The van der Waals surface area contributed by atoms with Crippen LogP contribution in [0.25, 0.3) is 11.3 Å². The van der Waals surface area contributed by atoms with Crippen molar-refractivity contribution in [2.75, 3.05) is 24.9 Å². The number of aliphatic imine (C=N–C) groups is 1. The normalized spacial score (nSPS) is 18.5. The summed E-state index contributed by atoms with van der Waals surface area (Å²) >= 11 is 6.10. The molecule has 2 unspecified atom stereocenters. The smallest absolute Gasteiger partial charge is 0.166 e. The molecule has 2 atom stereocenters. The Kier molecular flexibility index (Phi) is 9.65. The highest BCUT2D eigenvalue weighted by Gasteiger charge is 2.39. The van der Waals surface area contributed by atoms with Gasteiger partial charge in [0.25, 0.3) is 0 Å². The number of hydrogen-bond acceptors (Lipinski definition) is 8. The fraction of sp³-hybridized carbons (Fsp3) is 0.227. The maximum atomic E-state index is 13.1. The standard InChI is InChI=1S/C24H22ClN3O3.C20H18N2O/c1-30-18-11-8-14(12-19(18)31-2)20-21-16(4-3-5-17(21)29)26-24-22(20)23(27-28-24)13-6-9-15(25)10-7-13;1-13-6-8-14(9-7-13)15-10-19-16(20(23)11-15)12-21-17-4-2-3-5-18(17)22-19/h6-12,20H,3-5H2,1-2H3,(H2,26,27,28);2-9,12,15,22H,10-11H2,1H3. The Balaban J connectivity index is 0.000000160. The van der Waals surface area contributed by atoms with E-state index in [4.69, 9.17) is 21.1 Å². The predicted octanol–water partition coefficient (Wildman–Crippen LogP) is 9.84. The second kappa shape index (κ2) is 14.8. The molecule has 54 heavy (non-hydrogen) atoms. The van der Waals surface area contributed by atoms with Gasteiger partial charge < -0.3 is 20.1 Å². The van der Waals surface area contributed by atoms with Crippen LogP contribution in [-0.2, 0) is 9.59 Å². The molecule has 0 radical (unpaired) electrons. The van der Waals surface area contributed by atoms with Gasteiger partial charge in [0.15, 0.2) is 28.9 Å². The van der Waals surface area contributed by atoms with Crippen LogP contribution in [0.1, 0.15) is 66.2 Å². The largest absolute Gasteiger partial charge is 0.493 e. The Morgan fingerprint density at radius 1 is 0.778 bits per heavy atom. The predicted molar refractivity (Wildman–Crippen MR) is 213 cm³/mol. The number of anilines is 2. The molecule has 0 spiro atoms. The molecule has 0 fully saturated rings. The molecule has 2 aliphatic heterocycles. The number of nitrogens with one attached hydrogen (secondary N) is 3. The van der Waals surface area contributed by atoms with E-state index in [0.717, 1.165) is 81.4 Å². The molecule has 0 saturated carbocycles. The van der Waals surface area contributed by atoms with Crippen molar-refractivity contribution >= 4 is 46.6 Å². The Labute approximate surface area is 319 Å². The lowest BCUT2D eigenvalue weighted by Crippen LogP contribution is -2.26. The number of allylic oxidation sites excluding steroid dienone is 4. The van der Waals surface area contributed by atoms with Crippen LogP contribution in [0.4, 0.5) is 17.2 Å². The van der Waals surface area contributed by atoms with Gasteiger partial charge in [-0.05, 0) is 79.6 Å².